The summed E-state index contributed by atoms with van der Waals surface area (Å²) in [4.78, 5) is 17.9. The van der Waals surface area contributed by atoms with Crippen molar-refractivity contribution in [3.05, 3.63) is 71.5 Å². The predicted molar refractivity (Wildman–Crippen MR) is 123 cm³/mol. The van der Waals surface area contributed by atoms with Gasteiger partial charge in [0.15, 0.2) is 14.8 Å². The number of nitrogens with zero attached hydrogens (tertiary/aromatic N) is 2. The lowest BCUT2D eigenvalue weighted by atomic mass is 10.0. The molecule has 1 atom stereocenters. The van der Waals surface area contributed by atoms with Gasteiger partial charge >= 0.3 is 0 Å². The second-order valence-electron chi connectivity index (χ2n) is 7.87. The van der Waals surface area contributed by atoms with E-state index in [0.29, 0.717) is 17.9 Å². The number of benzene rings is 2. The molecule has 0 spiro atoms. The van der Waals surface area contributed by atoms with Gasteiger partial charge in [0.25, 0.3) is 0 Å². The van der Waals surface area contributed by atoms with Crippen LogP contribution in [0.5, 0.6) is 5.75 Å². The zero-order valence-electron chi connectivity index (χ0n) is 17.3. The van der Waals surface area contributed by atoms with Crippen molar-refractivity contribution in [1.82, 2.24) is 14.7 Å². The number of carbonyl (C=O) groups is 1. The fraction of sp³-hybridized carbons (Fsp3) is 0.217. The van der Waals surface area contributed by atoms with Crippen LogP contribution in [0.4, 0.5) is 0 Å². The Morgan fingerprint density at radius 1 is 1.22 bits per heavy atom. The normalized spacial score (nSPS) is 15.5. The predicted octanol–water partition coefficient (Wildman–Crippen LogP) is 3.13. The molecule has 9 heteroatoms. The molecule has 1 aliphatic heterocycles. The van der Waals surface area contributed by atoms with E-state index in [0.717, 1.165) is 33.1 Å². The molecule has 0 aliphatic carbocycles. The molecule has 2 aromatic carbocycles. The third kappa shape index (κ3) is 4.26. The summed E-state index contributed by atoms with van der Waals surface area (Å²) in [6.45, 7) is 0.425. The van der Waals surface area contributed by atoms with Crippen LogP contribution in [0.15, 0.2) is 65.1 Å². The summed E-state index contributed by atoms with van der Waals surface area (Å²) in [5, 5.41) is 4.90. The fourth-order valence-electron chi connectivity index (χ4n) is 3.82. The molecule has 4 aromatic rings. The first-order valence-electron chi connectivity index (χ1n) is 10.1. The van der Waals surface area contributed by atoms with Gasteiger partial charge in [-0.25, -0.2) is 13.4 Å². The maximum absolute atomic E-state index is 12.3. The molecule has 0 radical (unpaired) electrons. The Bertz CT molecular complexity index is 1380. The number of hydrogen-bond acceptors (Lipinski definition) is 6. The molecule has 0 bridgehead atoms. The van der Waals surface area contributed by atoms with Crippen molar-refractivity contribution in [2.45, 2.75) is 23.8 Å². The van der Waals surface area contributed by atoms with Crippen LogP contribution in [0.1, 0.15) is 11.3 Å². The highest BCUT2D eigenvalue weighted by molar-refractivity contribution is 7.90. The summed E-state index contributed by atoms with van der Waals surface area (Å²) in [7, 11) is -3.22. The second kappa shape index (κ2) is 8.07. The fourth-order valence-corrected chi connectivity index (χ4v) is 5.17. The lowest BCUT2D eigenvalue weighted by Crippen LogP contribution is -2.35. The SMILES string of the molecule is CS(=O)(=O)c1ccc(-c2ccc3c(c2)C[C@H](CNC(=O)Cc2cn4ccsc4n2)O3)cc1. The van der Waals surface area contributed by atoms with Gasteiger partial charge in [-0.1, -0.05) is 18.2 Å². The average Bonchev–Trinajstić information content (AvgIpc) is 3.45. The van der Waals surface area contributed by atoms with Crippen molar-refractivity contribution in [3.63, 3.8) is 0 Å². The quantitative estimate of drug-likeness (QED) is 0.471. The Kier molecular flexibility index (Phi) is 5.22. The number of thiazole rings is 1. The number of amides is 1. The van der Waals surface area contributed by atoms with Crippen LogP contribution in [-0.4, -0.2) is 42.6 Å². The van der Waals surface area contributed by atoms with Crippen LogP contribution < -0.4 is 10.1 Å². The van der Waals surface area contributed by atoms with Crippen LogP contribution in [0.2, 0.25) is 0 Å². The molecule has 0 fully saturated rings. The van der Waals surface area contributed by atoms with Crippen LogP contribution in [0.25, 0.3) is 16.1 Å². The highest BCUT2D eigenvalue weighted by Crippen LogP contribution is 2.33. The van der Waals surface area contributed by atoms with E-state index in [-0.39, 0.29) is 18.4 Å². The lowest BCUT2D eigenvalue weighted by molar-refractivity contribution is -0.120. The van der Waals surface area contributed by atoms with Crippen molar-refractivity contribution >= 4 is 32.0 Å². The van der Waals surface area contributed by atoms with Gasteiger partial charge in [0.1, 0.15) is 11.9 Å². The molecule has 2 aromatic heterocycles. The van der Waals surface area contributed by atoms with Crippen LogP contribution in [0, 0.1) is 0 Å². The molecule has 164 valence electrons. The van der Waals surface area contributed by atoms with Gasteiger partial charge in [0.05, 0.1) is 23.6 Å². The zero-order chi connectivity index (χ0) is 22.3. The van der Waals surface area contributed by atoms with Crippen LogP contribution in [-0.2, 0) is 27.5 Å². The Morgan fingerprint density at radius 2 is 2.00 bits per heavy atom. The molecule has 0 unspecified atom stereocenters. The number of hydrogen-bond donors (Lipinski definition) is 1. The van der Waals surface area contributed by atoms with Gasteiger partial charge in [-0.15, -0.1) is 11.3 Å². The second-order valence-corrected chi connectivity index (χ2v) is 10.8. The van der Waals surface area contributed by atoms with Gasteiger partial charge in [-0.3, -0.25) is 9.20 Å². The number of fused-ring (bicyclic) bond motifs is 2. The molecule has 0 saturated heterocycles. The number of imidazole rings is 1. The topological polar surface area (TPSA) is 89.8 Å². The van der Waals surface area contributed by atoms with Gasteiger partial charge < -0.3 is 10.1 Å². The van der Waals surface area contributed by atoms with Crippen molar-refractivity contribution in [1.29, 1.82) is 0 Å². The van der Waals surface area contributed by atoms with Crippen molar-refractivity contribution < 1.29 is 17.9 Å². The van der Waals surface area contributed by atoms with E-state index < -0.39 is 9.84 Å². The molecule has 1 aliphatic rings. The maximum Gasteiger partial charge on any atom is 0.226 e. The third-order valence-electron chi connectivity index (χ3n) is 5.43. The Morgan fingerprint density at radius 3 is 2.75 bits per heavy atom. The largest absolute Gasteiger partial charge is 0.488 e. The summed E-state index contributed by atoms with van der Waals surface area (Å²) in [6, 6.07) is 12.8. The average molecular weight is 468 g/mol. The molecule has 1 amide bonds. The Labute approximate surface area is 189 Å². The summed E-state index contributed by atoms with van der Waals surface area (Å²) < 4.78 is 31.2. The highest BCUT2D eigenvalue weighted by atomic mass is 32.2. The zero-order valence-corrected chi connectivity index (χ0v) is 18.9. The number of carbonyl (C=O) groups excluding carboxylic acids is 1. The monoisotopic (exact) mass is 467 g/mol. The molecule has 3 heterocycles. The van der Waals surface area contributed by atoms with Crippen molar-refractivity contribution in [2.24, 2.45) is 0 Å². The van der Waals surface area contributed by atoms with Crippen LogP contribution in [0.3, 0.4) is 0 Å². The van der Waals surface area contributed by atoms with Gasteiger partial charge in [0, 0.05) is 30.5 Å². The van der Waals surface area contributed by atoms with Gasteiger partial charge in [-0.2, -0.15) is 0 Å². The molecular formula is C23H21N3O4S2. The molecule has 1 N–H and O–H groups in total. The molecule has 32 heavy (non-hydrogen) atoms. The Balaban J connectivity index is 1.19. The third-order valence-corrected chi connectivity index (χ3v) is 7.33. The summed E-state index contributed by atoms with van der Waals surface area (Å²) in [5.41, 5.74) is 3.76. The van der Waals surface area contributed by atoms with E-state index in [1.54, 1.807) is 12.1 Å². The Hall–Kier alpha value is -3.17. The minimum absolute atomic E-state index is 0.0815. The summed E-state index contributed by atoms with van der Waals surface area (Å²) >= 11 is 1.54. The number of aromatic nitrogens is 2. The standard InChI is InChI=1S/C23H21N3O4S2/c1-32(28,29)20-5-2-15(3-6-20)16-4-7-21-17(10-16)11-19(30-21)13-24-22(27)12-18-14-26-8-9-31-23(26)25-18/h2-10,14,19H,11-13H2,1H3,(H,24,27)/t19-/m1/s1. The number of rotatable bonds is 6. The van der Waals surface area contributed by atoms with Gasteiger partial charge in [-0.05, 0) is 41.0 Å². The maximum atomic E-state index is 12.3. The van der Waals surface area contributed by atoms with E-state index in [1.165, 1.54) is 17.6 Å². The van der Waals surface area contributed by atoms with Crippen molar-refractivity contribution in [2.75, 3.05) is 12.8 Å². The van der Waals surface area contributed by atoms with Crippen molar-refractivity contribution in [3.8, 4) is 16.9 Å². The molecule has 5 rings (SSSR count). The van der Waals surface area contributed by atoms with E-state index in [2.05, 4.69) is 16.4 Å². The molecule has 0 saturated carbocycles. The summed E-state index contributed by atoms with van der Waals surface area (Å²) in [6.07, 6.45) is 5.81. The van der Waals surface area contributed by atoms with Gasteiger partial charge in [0.2, 0.25) is 5.91 Å². The van der Waals surface area contributed by atoms with E-state index in [1.807, 2.05) is 46.4 Å². The molecule has 7 nitrogen and oxygen atoms in total. The minimum atomic E-state index is -3.22. The lowest BCUT2D eigenvalue weighted by Gasteiger charge is -2.11. The van der Waals surface area contributed by atoms with E-state index in [4.69, 9.17) is 4.74 Å². The number of sulfone groups is 1. The first-order chi connectivity index (χ1) is 15.3. The highest BCUT2D eigenvalue weighted by Gasteiger charge is 2.24. The molecular weight excluding hydrogens is 446 g/mol. The smallest absolute Gasteiger partial charge is 0.226 e. The van der Waals surface area contributed by atoms with Crippen LogP contribution >= 0.6 is 11.3 Å². The van der Waals surface area contributed by atoms with E-state index >= 15 is 0 Å². The summed E-state index contributed by atoms with van der Waals surface area (Å²) in [5.74, 6) is 0.733. The first-order valence-corrected chi connectivity index (χ1v) is 12.9. The van der Waals surface area contributed by atoms with E-state index in [9.17, 15) is 13.2 Å². The number of nitrogens with one attached hydrogen (secondary N) is 1. The first kappa shape index (κ1) is 20.7. The minimum Gasteiger partial charge on any atom is -0.488 e. The number of ether oxygens (including phenoxy) is 1.